The van der Waals surface area contributed by atoms with Crippen LogP contribution in [0.15, 0.2) is 17.5 Å². The number of carbonyl (C=O) groups excluding carboxylic acids is 1. The van der Waals surface area contributed by atoms with Gasteiger partial charge in [-0.1, -0.05) is 26.8 Å². The van der Waals surface area contributed by atoms with Crippen LogP contribution in [0.25, 0.3) is 0 Å². The van der Waals surface area contributed by atoms with Crippen LogP contribution >= 0.6 is 11.3 Å². The van der Waals surface area contributed by atoms with Crippen LogP contribution < -0.4 is 5.32 Å². The van der Waals surface area contributed by atoms with Crippen molar-refractivity contribution in [3.8, 4) is 0 Å². The largest absolute Gasteiger partial charge is 0.380 e. The molecule has 1 amide bonds. The topological polar surface area (TPSA) is 52.6 Å². The Balaban J connectivity index is 2.03. The van der Waals surface area contributed by atoms with Crippen molar-refractivity contribution in [3.05, 3.63) is 22.4 Å². The highest BCUT2D eigenvalue weighted by molar-refractivity contribution is 7.10. The zero-order valence-corrected chi connectivity index (χ0v) is 15.5. The third-order valence-corrected chi connectivity index (χ3v) is 6.14. The molecular formula is C18H30N2O2S. The molecule has 0 radical (unpaired) electrons. The lowest BCUT2D eigenvalue weighted by Crippen LogP contribution is -2.50. The van der Waals surface area contributed by atoms with Gasteiger partial charge in [0.25, 0.3) is 5.91 Å². The summed E-state index contributed by atoms with van der Waals surface area (Å²) in [7, 11) is 0. The number of aliphatic hydroxyl groups is 1. The van der Waals surface area contributed by atoms with Crippen LogP contribution in [0.4, 0.5) is 0 Å². The smallest absolute Gasteiger partial charge is 0.252 e. The number of rotatable bonds is 6. The maximum atomic E-state index is 12.3. The second kappa shape index (κ2) is 7.77. The number of nitrogens with zero attached hydrogens (tertiary/aromatic N) is 1. The molecule has 1 aliphatic rings. The van der Waals surface area contributed by atoms with Crippen LogP contribution in [0, 0.1) is 11.8 Å². The van der Waals surface area contributed by atoms with Crippen molar-refractivity contribution in [1.29, 1.82) is 0 Å². The molecule has 2 rings (SSSR count). The summed E-state index contributed by atoms with van der Waals surface area (Å²) < 4.78 is 0. The number of piperidine rings is 1. The summed E-state index contributed by atoms with van der Waals surface area (Å²) in [6, 6.07) is 4.40. The van der Waals surface area contributed by atoms with Crippen LogP contribution in [0.1, 0.15) is 51.5 Å². The number of hydrogen-bond donors (Lipinski definition) is 2. The summed E-state index contributed by atoms with van der Waals surface area (Å²) in [4.78, 5) is 16.1. The van der Waals surface area contributed by atoms with Crippen LogP contribution in [0.2, 0.25) is 0 Å². The molecule has 1 aliphatic heterocycles. The molecule has 0 bridgehead atoms. The average Bonchev–Trinajstić information content (AvgIpc) is 3.03. The average molecular weight is 339 g/mol. The van der Waals surface area contributed by atoms with Gasteiger partial charge >= 0.3 is 0 Å². The zero-order chi connectivity index (χ0) is 17.0. The second-order valence-electron chi connectivity index (χ2n) is 7.26. The van der Waals surface area contributed by atoms with Gasteiger partial charge in [-0.25, -0.2) is 0 Å². The quantitative estimate of drug-likeness (QED) is 0.838. The molecular weight excluding hydrogens is 308 g/mol. The van der Waals surface area contributed by atoms with E-state index in [2.05, 4.69) is 34.7 Å². The van der Waals surface area contributed by atoms with Gasteiger partial charge in [-0.3, -0.25) is 9.69 Å². The molecule has 1 fully saturated rings. The van der Waals surface area contributed by atoms with E-state index in [0.717, 1.165) is 19.0 Å². The van der Waals surface area contributed by atoms with Crippen LogP contribution in [-0.4, -0.2) is 41.1 Å². The summed E-state index contributed by atoms with van der Waals surface area (Å²) in [5.74, 6) is 0.393. The zero-order valence-electron chi connectivity index (χ0n) is 14.7. The first-order valence-electron chi connectivity index (χ1n) is 8.60. The van der Waals surface area contributed by atoms with Crippen molar-refractivity contribution in [3.63, 3.8) is 0 Å². The molecule has 1 saturated heterocycles. The van der Waals surface area contributed by atoms with E-state index in [1.807, 2.05) is 13.8 Å². The van der Waals surface area contributed by atoms with Crippen LogP contribution in [0.5, 0.6) is 0 Å². The Bertz CT molecular complexity index is 491. The predicted octanol–water partition coefficient (Wildman–Crippen LogP) is 3.04. The first-order chi connectivity index (χ1) is 10.8. The minimum Gasteiger partial charge on any atom is -0.380 e. The Labute approximate surface area is 143 Å². The lowest BCUT2D eigenvalue weighted by atomic mass is 9.91. The molecule has 4 nitrogen and oxygen atoms in total. The van der Waals surface area contributed by atoms with Gasteiger partial charge in [0.2, 0.25) is 0 Å². The first kappa shape index (κ1) is 18.4. The highest BCUT2D eigenvalue weighted by Crippen LogP contribution is 2.29. The maximum absolute atomic E-state index is 12.3. The van der Waals surface area contributed by atoms with Gasteiger partial charge < -0.3 is 10.4 Å². The van der Waals surface area contributed by atoms with E-state index in [9.17, 15) is 9.90 Å². The lowest BCUT2D eigenvalue weighted by Gasteiger charge is -2.37. The lowest BCUT2D eigenvalue weighted by molar-refractivity contribution is -0.142. The molecule has 23 heavy (non-hydrogen) atoms. The molecule has 0 saturated carbocycles. The van der Waals surface area contributed by atoms with Crippen molar-refractivity contribution < 1.29 is 9.90 Å². The first-order valence-corrected chi connectivity index (χ1v) is 9.48. The van der Waals surface area contributed by atoms with Crippen molar-refractivity contribution >= 4 is 17.2 Å². The highest BCUT2D eigenvalue weighted by Gasteiger charge is 2.34. The van der Waals surface area contributed by atoms with E-state index in [-0.39, 0.29) is 17.9 Å². The Hall–Kier alpha value is -0.910. The fourth-order valence-corrected chi connectivity index (χ4v) is 3.72. The van der Waals surface area contributed by atoms with Crippen molar-refractivity contribution in [1.82, 2.24) is 10.2 Å². The van der Waals surface area contributed by atoms with Crippen molar-refractivity contribution in [2.24, 2.45) is 11.8 Å². The molecule has 2 heterocycles. The summed E-state index contributed by atoms with van der Waals surface area (Å²) in [5.41, 5.74) is -1.32. The summed E-state index contributed by atoms with van der Waals surface area (Å²) in [6.07, 6.45) is 2.42. The minimum absolute atomic E-state index is 0.112. The third kappa shape index (κ3) is 4.55. The fourth-order valence-electron chi connectivity index (χ4n) is 2.86. The summed E-state index contributed by atoms with van der Waals surface area (Å²) in [5, 5.41) is 15.4. The molecule has 5 heteroatoms. The van der Waals surface area contributed by atoms with E-state index in [1.54, 1.807) is 18.3 Å². The number of carbonyl (C=O) groups is 1. The Morgan fingerprint density at radius 2 is 2.13 bits per heavy atom. The highest BCUT2D eigenvalue weighted by atomic mass is 32.1. The predicted molar refractivity (Wildman–Crippen MR) is 95.5 cm³/mol. The van der Waals surface area contributed by atoms with Gasteiger partial charge in [-0.15, -0.1) is 11.3 Å². The summed E-state index contributed by atoms with van der Waals surface area (Å²) in [6.45, 7) is 10.3. The molecule has 0 aliphatic carbocycles. The molecule has 0 unspecified atom stereocenters. The number of amides is 1. The molecule has 2 N–H and O–H groups in total. The molecule has 0 aromatic carbocycles. The number of nitrogens with one attached hydrogen (secondary N) is 1. The number of likely N-dealkylation sites (tertiary alicyclic amines) is 1. The maximum Gasteiger partial charge on any atom is 0.252 e. The molecule has 2 atom stereocenters. The van der Waals surface area contributed by atoms with Gasteiger partial charge in [-0.2, -0.15) is 0 Å². The van der Waals surface area contributed by atoms with Crippen molar-refractivity contribution in [2.75, 3.05) is 19.6 Å². The monoisotopic (exact) mass is 338 g/mol. The molecule has 1 aromatic rings. The van der Waals surface area contributed by atoms with E-state index in [0.29, 0.717) is 6.54 Å². The second-order valence-corrected chi connectivity index (χ2v) is 8.24. The van der Waals surface area contributed by atoms with Crippen LogP contribution in [-0.2, 0) is 4.79 Å². The standard InChI is InChI=1S/C18H30N2O2S/c1-13(2)18(4,22)17(21)19-12-15(16-6-5-11-23-16)20-9-7-14(3)8-10-20/h5-6,11,13-15,22H,7-10,12H2,1-4H3,(H,19,21)/t15-,18-/m0/s1. The Morgan fingerprint density at radius 1 is 1.48 bits per heavy atom. The third-order valence-electron chi connectivity index (χ3n) is 5.17. The van der Waals surface area contributed by atoms with E-state index < -0.39 is 5.60 Å². The molecule has 1 aromatic heterocycles. The van der Waals surface area contributed by atoms with Gasteiger partial charge in [0, 0.05) is 11.4 Å². The van der Waals surface area contributed by atoms with Gasteiger partial charge in [0.15, 0.2) is 0 Å². The molecule has 0 spiro atoms. The number of thiophene rings is 1. The van der Waals surface area contributed by atoms with Crippen molar-refractivity contribution in [2.45, 2.75) is 52.2 Å². The number of hydrogen-bond acceptors (Lipinski definition) is 4. The Morgan fingerprint density at radius 3 is 2.65 bits per heavy atom. The molecule has 130 valence electrons. The van der Waals surface area contributed by atoms with E-state index in [1.165, 1.54) is 17.7 Å². The summed E-state index contributed by atoms with van der Waals surface area (Å²) >= 11 is 1.74. The minimum atomic E-state index is -1.32. The normalized spacial score (nSPS) is 21.1. The SMILES string of the molecule is CC1CCN([C@@H](CNC(=O)[C@@](C)(O)C(C)C)c2cccs2)CC1. The van der Waals surface area contributed by atoms with Gasteiger partial charge in [0.05, 0.1) is 6.04 Å². The van der Waals surface area contributed by atoms with Gasteiger partial charge in [0.1, 0.15) is 5.60 Å². The van der Waals surface area contributed by atoms with Gasteiger partial charge in [-0.05, 0) is 56.1 Å². The van der Waals surface area contributed by atoms with E-state index >= 15 is 0 Å². The Kier molecular flexibility index (Phi) is 6.23. The fraction of sp³-hybridized carbons (Fsp3) is 0.722. The van der Waals surface area contributed by atoms with Crippen LogP contribution in [0.3, 0.4) is 0 Å². The van der Waals surface area contributed by atoms with E-state index in [4.69, 9.17) is 0 Å².